The Morgan fingerprint density at radius 1 is 1.21 bits per heavy atom. The van der Waals surface area contributed by atoms with E-state index in [1.165, 1.54) is 0 Å². The van der Waals surface area contributed by atoms with Gasteiger partial charge in [0.2, 0.25) is 0 Å². The molecule has 1 amide bonds. The van der Waals surface area contributed by atoms with E-state index in [0.717, 1.165) is 0 Å². The summed E-state index contributed by atoms with van der Waals surface area (Å²) in [6.45, 7) is 4.55. The first-order valence-electron chi connectivity index (χ1n) is 7.34. The van der Waals surface area contributed by atoms with E-state index in [9.17, 15) is 14.4 Å². The summed E-state index contributed by atoms with van der Waals surface area (Å²) in [7, 11) is 0. The molecule has 1 aromatic carbocycles. The first-order chi connectivity index (χ1) is 11.2. The maximum absolute atomic E-state index is 12.2. The van der Waals surface area contributed by atoms with Gasteiger partial charge in [0.15, 0.2) is 12.4 Å². The lowest BCUT2D eigenvalue weighted by Crippen LogP contribution is -2.45. The van der Waals surface area contributed by atoms with Crippen LogP contribution in [-0.2, 0) is 14.3 Å². The van der Waals surface area contributed by atoms with Gasteiger partial charge in [0.1, 0.15) is 17.7 Å². The Hall–Kier alpha value is -2.88. The second kappa shape index (κ2) is 8.67. The van der Waals surface area contributed by atoms with E-state index in [2.05, 4.69) is 5.32 Å². The standard InChI is InChI=1S/C17H20N2O5/c1-17(2,3)24-16(22)19-13(15(21)23-10-9-18)11-14(20)12-7-5-4-6-8-12/h4-8,13H,10-11H2,1-3H3,(H,19,22). The Morgan fingerprint density at radius 2 is 1.83 bits per heavy atom. The predicted octanol–water partition coefficient (Wildman–Crippen LogP) is 2.22. The maximum atomic E-state index is 12.2. The molecule has 0 saturated heterocycles. The van der Waals surface area contributed by atoms with Crippen LogP contribution in [0.3, 0.4) is 0 Å². The van der Waals surface area contributed by atoms with E-state index in [-0.39, 0.29) is 12.2 Å². The Kier molecular flexibility index (Phi) is 6.93. The fraction of sp³-hybridized carbons (Fsp3) is 0.412. The highest BCUT2D eigenvalue weighted by Gasteiger charge is 2.28. The fourth-order valence-corrected chi connectivity index (χ4v) is 1.77. The van der Waals surface area contributed by atoms with Crippen LogP contribution in [0, 0.1) is 11.3 Å². The fourth-order valence-electron chi connectivity index (χ4n) is 1.77. The van der Waals surface area contributed by atoms with Crippen molar-refractivity contribution in [3.63, 3.8) is 0 Å². The minimum Gasteiger partial charge on any atom is -0.449 e. The number of rotatable bonds is 6. The molecule has 0 radical (unpaired) electrons. The minimum absolute atomic E-state index is 0.298. The number of hydrogen-bond acceptors (Lipinski definition) is 6. The lowest BCUT2D eigenvalue weighted by Gasteiger charge is -2.22. The summed E-state index contributed by atoms with van der Waals surface area (Å²) in [5, 5.41) is 10.8. The highest BCUT2D eigenvalue weighted by molar-refractivity contribution is 5.99. The third-order valence-electron chi connectivity index (χ3n) is 2.74. The largest absolute Gasteiger partial charge is 0.449 e. The van der Waals surface area contributed by atoms with Gasteiger partial charge in [-0.15, -0.1) is 0 Å². The van der Waals surface area contributed by atoms with Gasteiger partial charge in [0.25, 0.3) is 0 Å². The van der Waals surface area contributed by atoms with Crippen molar-refractivity contribution in [3.05, 3.63) is 35.9 Å². The van der Waals surface area contributed by atoms with Gasteiger partial charge >= 0.3 is 12.1 Å². The number of alkyl carbamates (subject to hydrolysis) is 1. The molecule has 1 aromatic rings. The van der Waals surface area contributed by atoms with Gasteiger partial charge in [-0.1, -0.05) is 30.3 Å². The lowest BCUT2D eigenvalue weighted by atomic mass is 10.0. The molecule has 7 nitrogen and oxygen atoms in total. The Morgan fingerprint density at radius 3 is 2.38 bits per heavy atom. The van der Waals surface area contributed by atoms with Gasteiger partial charge in [0, 0.05) is 12.0 Å². The Labute approximate surface area is 140 Å². The highest BCUT2D eigenvalue weighted by atomic mass is 16.6. The molecule has 24 heavy (non-hydrogen) atoms. The monoisotopic (exact) mass is 332 g/mol. The Balaban J connectivity index is 2.81. The van der Waals surface area contributed by atoms with Crippen molar-refractivity contribution in [1.29, 1.82) is 5.26 Å². The molecule has 7 heteroatoms. The zero-order chi connectivity index (χ0) is 18.2. The van der Waals surface area contributed by atoms with E-state index in [1.807, 2.05) is 0 Å². The summed E-state index contributed by atoms with van der Waals surface area (Å²) in [5.74, 6) is -1.21. The molecular formula is C17H20N2O5. The van der Waals surface area contributed by atoms with Crippen molar-refractivity contribution in [1.82, 2.24) is 5.32 Å². The van der Waals surface area contributed by atoms with E-state index >= 15 is 0 Å². The molecule has 1 atom stereocenters. The predicted molar refractivity (Wildman–Crippen MR) is 85.1 cm³/mol. The number of nitrogens with one attached hydrogen (secondary N) is 1. The van der Waals surface area contributed by atoms with Crippen LogP contribution < -0.4 is 5.32 Å². The molecule has 0 aromatic heterocycles. The van der Waals surface area contributed by atoms with Crippen molar-refractivity contribution in [2.75, 3.05) is 6.61 Å². The van der Waals surface area contributed by atoms with E-state index in [0.29, 0.717) is 5.56 Å². The highest BCUT2D eigenvalue weighted by Crippen LogP contribution is 2.10. The Bertz CT molecular complexity index is 629. The van der Waals surface area contributed by atoms with Crippen LogP contribution >= 0.6 is 0 Å². The van der Waals surface area contributed by atoms with Crippen LogP contribution in [0.25, 0.3) is 0 Å². The smallest absolute Gasteiger partial charge is 0.408 e. The van der Waals surface area contributed by atoms with E-state index < -0.39 is 30.3 Å². The van der Waals surface area contributed by atoms with Crippen molar-refractivity contribution in [2.24, 2.45) is 0 Å². The van der Waals surface area contributed by atoms with Gasteiger partial charge < -0.3 is 14.8 Å². The average Bonchev–Trinajstić information content (AvgIpc) is 2.50. The molecule has 0 spiro atoms. The second-order valence-corrected chi connectivity index (χ2v) is 5.96. The number of nitrogens with zero attached hydrogens (tertiary/aromatic N) is 1. The van der Waals surface area contributed by atoms with Gasteiger partial charge in [-0.2, -0.15) is 5.26 Å². The molecule has 1 unspecified atom stereocenters. The summed E-state index contributed by atoms with van der Waals surface area (Å²) in [5.41, 5.74) is -0.351. The summed E-state index contributed by atoms with van der Waals surface area (Å²) in [4.78, 5) is 36.1. The van der Waals surface area contributed by atoms with Crippen LogP contribution in [0.4, 0.5) is 4.79 Å². The van der Waals surface area contributed by atoms with Gasteiger partial charge in [-0.05, 0) is 20.8 Å². The molecular weight excluding hydrogens is 312 g/mol. The number of hydrogen-bond donors (Lipinski definition) is 1. The second-order valence-electron chi connectivity index (χ2n) is 5.96. The number of esters is 1. The molecule has 0 saturated carbocycles. The normalized spacial score (nSPS) is 11.8. The first-order valence-corrected chi connectivity index (χ1v) is 7.34. The number of benzene rings is 1. The van der Waals surface area contributed by atoms with Crippen molar-refractivity contribution in [3.8, 4) is 6.07 Å². The number of amides is 1. The molecule has 0 aliphatic carbocycles. The molecule has 128 valence electrons. The third-order valence-corrected chi connectivity index (χ3v) is 2.74. The number of Topliss-reactive ketones (excluding diaryl/α,β-unsaturated/α-hetero) is 1. The molecule has 1 N–H and O–H groups in total. The van der Waals surface area contributed by atoms with Gasteiger partial charge in [0.05, 0.1) is 0 Å². The van der Waals surface area contributed by atoms with Crippen LogP contribution in [0.1, 0.15) is 37.6 Å². The zero-order valence-corrected chi connectivity index (χ0v) is 13.9. The number of ether oxygens (including phenoxy) is 2. The number of carbonyl (C=O) groups is 3. The molecule has 0 fully saturated rings. The molecule has 0 aliphatic heterocycles. The molecule has 0 bridgehead atoms. The maximum Gasteiger partial charge on any atom is 0.408 e. The van der Waals surface area contributed by atoms with E-state index in [1.54, 1.807) is 57.2 Å². The van der Waals surface area contributed by atoms with E-state index in [4.69, 9.17) is 14.7 Å². The zero-order valence-electron chi connectivity index (χ0n) is 13.9. The summed E-state index contributed by atoms with van der Waals surface area (Å²) in [6.07, 6.45) is -1.14. The third kappa shape index (κ3) is 6.92. The topological polar surface area (TPSA) is 105 Å². The lowest BCUT2D eigenvalue weighted by molar-refractivity contribution is -0.144. The summed E-state index contributed by atoms with van der Waals surface area (Å²) < 4.78 is 9.77. The van der Waals surface area contributed by atoms with Crippen molar-refractivity contribution >= 4 is 17.8 Å². The molecule has 0 aliphatic rings. The first kappa shape index (κ1) is 19.2. The SMILES string of the molecule is CC(C)(C)OC(=O)NC(CC(=O)c1ccccc1)C(=O)OCC#N. The van der Waals surface area contributed by atoms with Gasteiger partial charge in [-0.3, -0.25) is 4.79 Å². The average molecular weight is 332 g/mol. The van der Waals surface area contributed by atoms with Crippen LogP contribution in [0.15, 0.2) is 30.3 Å². The summed E-state index contributed by atoms with van der Waals surface area (Å²) >= 11 is 0. The number of carbonyl (C=O) groups excluding carboxylic acids is 3. The van der Waals surface area contributed by atoms with Crippen molar-refractivity contribution in [2.45, 2.75) is 38.8 Å². The van der Waals surface area contributed by atoms with Crippen LogP contribution in [0.2, 0.25) is 0 Å². The quantitative estimate of drug-likeness (QED) is 0.632. The number of ketones is 1. The minimum atomic E-state index is -1.24. The van der Waals surface area contributed by atoms with Crippen LogP contribution in [0.5, 0.6) is 0 Å². The number of nitriles is 1. The summed E-state index contributed by atoms with van der Waals surface area (Å²) in [6, 6.07) is 8.77. The molecule has 1 rings (SSSR count). The molecule has 0 heterocycles. The van der Waals surface area contributed by atoms with Gasteiger partial charge in [-0.25, -0.2) is 9.59 Å². The van der Waals surface area contributed by atoms with Crippen LogP contribution in [-0.4, -0.2) is 36.1 Å². The van der Waals surface area contributed by atoms with Crippen molar-refractivity contribution < 1.29 is 23.9 Å².